The maximum atomic E-state index is 14.6. The van der Waals surface area contributed by atoms with E-state index in [1.54, 1.807) is 19.2 Å². The van der Waals surface area contributed by atoms with E-state index in [1.807, 2.05) is 24.3 Å². The van der Waals surface area contributed by atoms with Gasteiger partial charge < -0.3 is 90.6 Å². The molecule has 13 atom stereocenters. The standard InChI is InChI=1S/C58H74N10O20S2/c1-30-28-68-48(49(30)75)54(80)60-26-36(70)24-39(61-50(76)33-11-13-34(14-12-33)55-65-66-56(89-55)35-15-17-38(18-16-35)85-21-9-7-5-6-8-20-84-4)51(77)62-45(31(2)69)57(81)67-29-37(71)25-40(67)52(78)63-46(53(79)64-47(58(68)82)43(74)27-59-3)42(73)22-32-10-19-41(72)44(23-32)86-90-88-87-83/h10-19,23,30-31,36-37,39-40,42-43,45-49,69-75,83H,5-9,20-22,24-29H2,1-2,4H3,(H,60,80)(H,61,76)(H,62,77)(H,63,78)(H,64,79)/t30?,31?,36-,37?,39-,40?,42+,43+,45?,46?,47-,48?,49-/m0/s1. The quantitative estimate of drug-likeness (QED) is 0.0150. The lowest BCUT2D eigenvalue weighted by Crippen LogP contribution is -2.64. The minimum absolute atomic E-state index is 0.0114. The van der Waals surface area contributed by atoms with Crippen LogP contribution in [0.15, 0.2) is 66.7 Å². The summed E-state index contributed by atoms with van der Waals surface area (Å²) in [5, 5.41) is 112. The number of nitrogens with zero attached hydrogens (tertiary/aromatic N) is 5. The molecule has 90 heavy (non-hydrogen) atoms. The van der Waals surface area contributed by atoms with Gasteiger partial charge in [0.05, 0.1) is 37.1 Å². The topological polar surface area (TPSA) is 424 Å². The number of amides is 7. The summed E-state index contributed by atoms with van der Waals surface area (Å²) in [6.45, 7) is 8.96. The van der Waals surface area contributed by atoms with E-state index in [0.717, 1.165) is 73.1 Å². The third-order valence-electron chi connectivity index (χ3n) is 15.4. The van der Waals surface area contributed by atoms with Crippen LogP contribution in [0.1, 0.15) is 74.7 Å². The number of ether oxygens (including phenoxy) is 2. The number of aliphatic hydroxyl groups excluding tert-OH is 6. The van der Waals surface area contributed by atoms with Gasteiger partial charge in [-0.3, -0.25) is 33.6 Å². The summed E-state index contributed by atoms with van der Waals surface area (Å²) >= 11 is 1.36. The maximum Gasteiger partial charge on any atom is 0.261 e. The zero-order chi connectivity index (χ0) is 65.2. The Kier molecular flexibility index (Phi) is 25.9. The summed E-state index contributed by atoms with van der Waals surface area (Å²) in [5.74, 6) is -8.93. The lowest BCUT2D eigenvalue weighted by molar-refractivity contribution is -0.433. The van der Waals surface area contributed by atoms with Crippen LogP contribution in [0.5, 0.6) is 17.2 Å². The molecule has 7 amide bonds. The second kappa shape index (κ2) is 33.4. The highest BCUT2D eigenvalue weighted by Gasteiger charge is 2.50. The lowest BCUT2D eigenvalue weighted by atomic mass is 9.99. The molecular weight excluding hydrogens is 1220 g/mol. The van der Waals surface area contributed by atoms with Crippen LogP contribution in [0.3, 0.4) is 0 Å². The lowest BCUT2D eigenvalue weighted by Gasteiger charge is -2.33. The molecule has 30 nitrogen and oxygen atoms in total. The Bertz CT molecular complexity index is 3140. The molecule has 0 aliphatic carbocycles. The number of carbonyl (C=O) groups is 7. The first-order valence-electron chi connectivity index (χ1n) is 28.9. The van der Waals surface area contributed by atoms with Crippen molar-refractivity contribution in [2.24, 2.45) is 5.92 Å². The molecular formula is C58H74N10O20S2. The molecule has 0 spiro atoms. The molecule has 7 unspecified atom stereocenters. The maximum absolute atomic E-state index is 14.6. The molecule has 3 fully saturated rings. The van der Waals surface area contributed by atoms with Gasteiger partial charge in [-0.15, -0.1) is 10.2 Å². The zero-order valence-electron chi connectivity index (χ0n) is 49.3. The van der Waals surface area contributed by atoms with E-state index in [9.17, 15) is 69.3 Å². The summed E-state index contributed by atoms with van der Waals surface area (Å²) < 4.78 is 20.3. The van der Waals surface area contributed by atoms with E-state index in [0.29, 0.717) is 27.9 Å². The molecule has 0 radical (unpaired) electrons. The van der Waals surface area contributed by atoms with Crippen LogP contribution in [0.25, 0.3) is 26.0 Å². The number of β-amino-alcohol motifs (C(OH)–C–C–N with tert-alkyl or cyclic N) is 1. The number of rotatable bonds is 23. The number of benzene rings is 3. The molecule has 0 saturated carbocycles. The first kappa shape index (κ1) is 69.8. The van der Waals surface area contributed by atoms with Gasteiger partial charge in [-0.1, -0.05) is 65.1 Å². The van der Waals surface area contributed by atoms with Crippen LogP contribution in [0.2, 0.25) is 0 Å². The van der Waals surface area contributed by atoms with Crippen molar-refractivity contribution in [1.29, 1.82) is 0 Å². The molecule has 32 heteroatoms. The fourth-order valence-electron chi connectivity index (χ4n) is 10.5. The predicted octanol–water partition coefficient (Wildman–Crippen LogP) is -0.216. The number of hydrogen-bond acceptors (Lipinski definition) is 24. The van der Waals surface area contributed by atoms with E-state index in [2.05, 4.69) is 51.0 Å². The highest BCUT2D eigenvalue weighted by Crippen LogP contribution is 2.33. The van der Waals surface area contributed by atoms with Gasteiger partial charge in [0.2, 0.25) is 42.0 Å². The summed E-state index contributed by atoms with van der Waals surface area (Å²) in [6, 6.07) is 5.64. The molecule has 3 saturated heterocycles. The fraction of sp³-hybridized carbons (Fsp3) is 0.517. The molecule has 13 N–H and O–H groups in total. The Morgan fingerprint density at radius 3 is 2.07 bits per heavy atom. The van der Waals surface area contributed by atoms with Crippen molar-refractivity contribution in [3.05, 3.63) is 89.3 Å². The number of carbonyl (C=O) groups excluding carboxylic acids is 7. The van der Waals surface area contributed by atoms with E-state index in [-0.39, 0.29) is 35.7 Å². The number of methoxy groups -OCH3 is 1. The molecule has 3 aromatic carbocycles. The zero-order valence-corrected chi connectivity index (χ0v) is 50.9. The second-order valence-corrected chi connectivity index (χ2v) is 23.5. The second-order valence-electron chi connectivity index (χ2n) is 22.1. The summed E-state index contributed by atoms with van der Waals surface area (Å²) in [4.78, 5) is 106. The van der Waals surface area contributed by atoms with Gasteiger partial charge in [0.1, 0.15) is 52.0 Å². The molecule has 4 heterocycles. The number of aromatic hydroxyl groups is 1. The molecule has 1 aromatic heterocycles. The van der Waals surface area contributed by atoms with Crippen LogP contribution in [0, 0.1) is 12.5 Å². The number of hydrogen-bond donors (Lipinski definition) is 13. The Morgan fingerprint density at radius 1 is 0.778 bits per heavy atom. The van der Waals surface area contributed by atoms with Crippen LogP contribution in [-0.4, -0.2) is 222 Å². The molecule has 3 aliphatic rings. The molecule has 488 valence electrons. The van der Waals surface area contributed by atoms with Crippen molar-refractivity contribution in [2.45, 2.75) is 138 Å². The molecule has 4 aromatic rings. The minimum atomic E-state index is -2.15. The Hall–Kier alpha value is -7.65. The SMILES string of the molecule is [C-]#[N+]C[C@@H](O)[C@@H]1NC(=O)C([C@H](O)Cc2ccc(O)c(OSOOO)c2)NC(=O)C2CC(O)CN2C(=O)C(C(C)O)NC(=O)[C@@H](NC(=O)c2ccc(-c3nnc(-c4ccc(OCCCCCCCOC)cc4)s3)cc2)C[C@H](O)CNC(=O)C2[C@@H](O)C(C)CN2C1=O. The third kappa shape index (κ3) is 18.5. The number of aliphatic hydroxyl groups is 6. The Labute approximate surface area is 525 Å². The van der Waals surface area contributed by atoms with Crippen LogP contribution in [-0.2, 0) is 49.3 Å². The van der Waals surface area contributed by atoms with E-state index < -0.39 is 165 Å². The van der Waals surface area contributed by atoms with Crippen molar-refractivity contribution >= 4 is 65.0 Å². The van der Waals surface area contributed by atoms with E-state index in [1.165, 1.54) is 36.5 Å². The average molecular weight is 1300 g/mol. The first-order chi connectivity index (χ1) is 43.1. The van der Waals surface area contributed by atoms with Gasteiger partial charge in [-0.25, -0.2) is 11.8 Å². The molecule has 3 aliphatic heterocycles. The van der Waals surface area contributed by atoms with E-state index in [4.69, 9.17) is 25.5 Å². The highest BCUT2D eigenvalue weighted by atomic mass is 32.2. The number of phenolic OH excluding ortho intramolecular Hbond substituents is 1. The smallest absolute Gasteiger partial charge is 0.261 e. The van der Waals surface area contributed by atoms with Crippen molar-refractivity contribution in [2.75, 3.05) is 46.5 Å². The average Bonchev–Trinajstić information content (AvgIpc) is 3.45. The van der Waals surface area contributed by atoms with Crippen molar-refractivity contribution in [1.82, 2.24) is 46.6 Å². The minimum Gasteiger partial charge on any atom is -0.504 e. The van der Waals surface area contributed by atoms with Gasteiger partial charge >= 0.3 is 0 Å². The summed E-state index contributed by atoms with van der Waals surface area (Å²) in [5.41, 5.74) is 1.50. The van der Waals surface area contributed by atoms with Gasteiger partial charge in [0.15, 0.2) is 17.6 Å². The molecule has 7 rings (SSSR count). The van der Waals surface area contributed by atoms with Crippen LogP contribution < -0.4 is 35.5 Å². The number of fused-ring (bicyclic) bond motifs is 2. The van der Waals surface area contributed by atoms with Crippen LogP contribution in [0.4, 0.5) is 0 Å². The van der Waals surface area contributed by atoms with Crippen molar-refractivity contribution < 1.29 is 97.6 Å². The monoisotopic (exact) mass is 1290 g/mol. The number of aromatic nitrogens is 2. The summed E-state index contributed by atoms with van der Waals surface area (Å²) in [6.07, 6.45) is -7.09. The number of phenols is 1. The van der Waals surface area contributed by atoms with E-state index >= 15 is 0 Å². The van der Waals surface area contributed by atoms with Crippen molar-refractivity contribution in [3.63, 3.8) is 0 Å². The van der Waals surface area contributed by atoms with Crippen LogP contribution >= 0.6 is 23.7 Å². The largest absolute Gasteiger partial charge is 0.504 e. The normalized spacial score (nSPS) is 24.9. The number of unbranched alkanes of at least 4 members (excludes halogenated alkanes) is 4. The van der Waals surface area contributed by atoms with Gasteiger partial charge in [0, 0.05) is 75.2 Å². The third-order valence-corrected chi connectivity index (χ3v) is 16.7. The van der Waals surface area contributed by atoms with Gasteiger partial charge in [0.25, 0.3) is 18.2 Å². The fourth-order valence-corrected chi connectivity index (χ4v) is 11.6. The Morgan fingerprint density at radius 2 is 1.41 bits per heavy atom. The van der Waals surface area contributed by atoms with Gasteiger partial charge in [-0.2, -0.15) is 0 Å². The summed E-state index contributed by atoms with van der Waals surface area (Å²) in [7, 11) is 1.69. The van der Waals surface area contributed by atoms with Gasteiger partial charge in [-0.05, 0) is 73.9 Å². The predicted molar refractivity (Wildman–Crippen MR) is 319 cm³/mol. The first-order valence-corrected chi connectivity index (χ1v) is 30.4. The number of nitrogens with one attached hydrogen (secondary N) is 5. The Balaban J connectivity index is 1.14. The highest BCUT2D eigenvalue weighted by molar-refractivity contribution is 7.90. The molecule has 0 bridgehead atoms. The van der Waals surface area contributed by atoms with Crippen molar-refractivity contribution in [3.8, 4) is 38.4 Å².